The van der Waals surface area contributed by atoms with Gasteiger partial charge in [0.05, 0.1) is 19.1 Å². The Bertz CT molecular complexity index is 696. The predicted molar refractivity (Wildman–Crippen MR) is 77.5 cm³/mol. The number of nitrogens with zero attached hydrogens (tertiary/aromatic N) is 1. The summed E-state index contributed by atoms with van der Waals surface area (Å²) >= 11 is 0. The van der Waals surface area contributed by atoms with Crippen molar-refractivity contribution in [1.29, 1.82) is 0 Å². The summed E-state index contributed by atoms with van der Waals surface area (Å²) in [4.78, 5) is 21.8. The maximum Gasteiger partial charge on any atom is 0.341 e. The van der Waals surface area contributed by atoms with Gasteiger partial charge >= 0.3 is 5.97 Å². The number of carbonyl (C=O) groups is 1. The lowest BCUT2D eigenvalue weighted by Gasteiger charge is -2.10. The van der Waals surface area contributed by atoms with E-state index in [9.17, 15) is 14.9 Å². The second kappa shape index (κ2) is 6.57. The van der Waals surface area contributed by atoms with Crippen molar-refractivity contribution in [2.75, 3.05) is 14.2 Å². The standard InChI is InChI=1S/C15H13NO6/c1-20-14-8-7-12(9-13(14)15(17)21-2)22-11-5-3-10(4-6-11)16(18)19/h3-9H,1-2H3. The van der Waals surface area contributed by atoms with Gasteiger partial charge in [0.15, 0.2) is 0 Å². The van der Waals surface area contributed by atoms with Gasteiger partial charge in [-0.15, -0.1) is 0 Å². The lowest BCUT2D eigenvalue weighted by atomic mass is 10.2. The van der Waals surface area contributed by atoms with Crippen molar-refractivity contribution in [3.63, 3.8) is 0 Å². The molecule has 0 fully saturated rings. The quantitative estimate of drug-likeness (QED) is 0.479. The van der Waals surface area contributed by atoms with Gasteiger partial charge in [-0.2, -0.15) is 0 Å². The summed E-state index contributed by atoms with van der Waals surface area (Å²) in [6, 6.07) is 10.3. The Kier molecular flexibility index (Phi) is 4.57. The summed E-state index contributed by atoms with van der Waals surface area (Å²) in [5.74, 6) is 0.607. The molecule has 114 valence electrons. The molecular formula is C15H13NO6. The SMILES string of the molecule is COC(=O)c1cc(Oc2ccc([N+](=O)[O-])cc2)ccc1OC. The molecule has 0 radical (unpaired) electrons. The van der Waals surface area contributed by atoms with Crippen LogP contribution in [0.1, 0.15) is 10.4 Å². The molecule has 2 aromatic carbocycles. The first-order valence-corrected chi connectivity index (χ1v) is 6.24. The number of ether oxygens (including phenoxy) is 3. The van der Waals surface area contributed by atoms with Crippen molar-refractivity contribution < 1.29 is 23.9 Å². The number of non-ortho nitro benzene ring substituents is 1. The van der Waals surface area contributed by atoms with Gasteiger partial charge in [-0.05, 0) is 30.3 Å². The molecule has 0 unspecified atom stereocenters. The van der Waals surface area contributed by atoms with Crippen LogP contribution in [0.2, 0.25) is 0 Å². The largest absolute Gasteiger partial charge is 0.496 e. The Morgan fingerprint density at radius 3 is 2.23 bits per heavy atom. The third-order valence-electron chi connectivity index (χ3n) is 2.86. The summed E-state index contributed by atoms with van der Waals surface area (Å²) in [5.41, 5.74) is 0.196. The van der Waals surface area contributed by atoms with E-state index in [2.05, 4.69) is 4.74 Å². The van der Waals surface area contributed by atoms with E-state index in [0.717, 1.165) is 0 Å². The van der Waals surface area contributed by atoms with E-state index in [4.69, 9.17) is 9.47 Å². The Hall–Kier alpha value is -3.09. The van der Waals surface area contributed by atoms with E-state index in [1.54, 1.807) is 12.1 Å². The third-order valence-corrected chi connectivity index (χ3v) is 2.86. The fraction of sp³-hybridized carbons (Fsp3) is 0.133. The van der Waals surface area contributed by atoms with Crippen molar-refractivity contribution in [3.8, 4) is 17.2 Å². The topological polar surface area (TPSA) is 87.9 Å². The van der Waals surface area contributed by atoms with Crippen LogP contribution < -0.4 is 9.47 Å². The van der Waals surface area contributed by atoms with Crippen LogP contribution in [-0.4, -0.2) is 25.1 Å². The summed E-state index contributed by atoms with van der Waals surface area (Å²) in [7, 11) is 2.71. The fourth-order valence-electron chi connectivity index (χ4n) is 1.79. The molecule has 0 saturated carbocycles. The summed E-state index contributed by atoms with van der Waals surface area (Å²) in [6.45, 7) is 0. The molecule has 0 bridgehead atoms. The Morgan fingerprint density at radius 2 is 1.68 bits per heavy atom. The molecule has 0 heterocycles. The Balaban J connectivity index is 2.26. The van der Waals surface area contributed by atoms with Crippen LogP contribution in [0.15, 0.2) is 42.5 Å². The zero-order valence-corrected chi connectivity index (χ0v) is 11.9. The molecule has 2 aromatic rings. The molecule has 0 N–H and O–H groups in total. The average Bonchev–Trinajstić information content (AvgIpc) is 2.54. The smallest absolute Gasteiger partial charge is 0.341 e. The molecule has 0 aromatic heterocycles. The van der Waals surface area contributed by atoms with Crippen molar-refractivity contribution in [2.24, 2.45) is 0 Å². The van der Waals surface area contributed by atoms with Crippen LogP contribution in [0.3, 0.4) is 0 Å². The molecule has 0 amide bonds. The molecule has 0 aliphatic rings. The van der Waals surface area contributed by atoms with E-state index in [1.165, 1.54) is 44.6 Å². The number of benzene rings is 2. The van der Waals surface area contributed by atoms with Gasteiger partial charge in [0, 0.05) is 12.1 Å². The van der Waals surface area contributed by atoms with Gasteiger partial charge < -0.3 is 14.2 Å². The molecular weight excluding hydrogens is 290 g/mol. The maximum absolute atomic E-state index is 11.7. The molecule has 0 spiro atoms. The lowest BCUT2D eigenvalue weighted by molar-refractivity contribution is -0.384. The molecule has 7 nitrogen and oxygen atoms in total. The molecule has 2 rings (SSSR count). The van der Waals surface area contributed by atoms with Gasteiger partial charge in [-0.25, -0.2) is 4.79 Å². The van der Waals surface area contributed by atoms with Gasteiger partial charge in [0.1, 0.15) is 22.8 Å². The highest BCUT2D eigenvalue weighted by molar-refractivity contribution is 5.93. The van der Waals surface area contributed by atoms with E-state index >= 15 is 0 Å². The average molecular weight is 303 g/mol. The van der Waals surface area contributed by atoms with Crippen LogP contribution >= 0.6 is 0 Å². The second-order valence-corrected chi connectivity index (χ2v) is 4.21. The number of hydrogen-bond acceptors (Lipinski definition) is 6. The van der Waals surface area contributed by atoms with Gasteiger partial charge in [-0.1, -0.05) is 0 Å². The van der Waals surface area contributed by atoms with Gasteiger partial charge in [0.25, 0.3) is 5.69 Å². The minimum absolute atomic E-state index is 0.0302. The maximum atomic E-state index is 11.7. The molecule has 0 saturated heterocycles. The number of rotatable bonds is 5. The first-order valence-electron chi connectivity index (χ1n) is 6.24. The lowest BCUT2D eigenvalue weighted by Crippen LogP contribution is -2.04. The van der Waals surface area contributed by atoms with E-state index in [-0.39, 0.29) is 11.3 Å². The highest BCUT2D eigenvalue weighted by Gasteiger charge is 2.14. The highest BCUT2D eigenvalue weighted by atomic mass is 16.6. The zero-order valence-electron chi connectivity index (χ0n) is 11.9. The summed E-state index contributed by atoms with van der Waals surface area (Å²) in [6.07, 6.45) is 0. The van der Waals surface area contributed by atoms with Crippen LogP contribution in [0.4, 0.5) is 5.69 Å². The minimum Gasteiger partial charge on any atom is -0.496 e. The Labute approximate surface area is 126 Å². The fourth-order valence-corrected chi connectivity index (χ4v) is 1.79. The number of hydrogen-bond donors (Lipinski definition) is 0. The number of nitro groups is 1. The van der Waals surface area contributed by atoms with Crippen LogP contribution in [-0.2, 0) is 4.74 Å². The van der Waals surface area contributed by atoms with E-state index < -0.39 is 10.9 Å². The number of esters is 1. The van der Waals surface area contributed by atoms with E-state index in [0.29, 0.717) is 17.2 Å². The second-order valence-electron chi connectivity index (χ2n) is 4.21. The number of nitro benzene ring substituents is 1. The normalized spacial score (nSPS) is 9.91. The molecule has 22 heavy (non-hydrogen) atoms. The monoisotopic (exact) mass is 303 g/mol. The van der Waals surface area contributed by atoms with E-state index in [1.807, 2.05) is 0 Å². The van der Waals surface area contributed by atoms with Crippen LogP contribution in [0.25, 0.3) is 0 Å². The van der Waals surface area contributed by atoms with Crippen molar-refractivity contribution in [2.45, 2.75) is 0 Å². The van der Waals surface area contributed by atoms with Crippen LogP contribution in [0.5, 0.6) is 17.2 Å². The molecule has 0 atom stereocenters. The first kappa shape index (κ1) is 15.3. The Morgan fingerprint density at radius 1 is 1.05 bits per heavy atom. The van der Waals surface area contributed by atoms with Crippen molar-refractivity contribution >= 4 is 11.7 Å². The van der Waals surface area contributed by atoms with Gasteiger partial charge in [-0.3, -0.25) is 10.1 Å². The number of methoxy groups -OCH3 is 2. The highest BCUT2D eigenvalue weighted by Crippen LogP contribution is 2.29. The molecule has 7 heteroatoms. The number of carbonyl (C=O) groups excluding carboxylic acids is 1. The van der Waals surface area contributed by atoms with Crippen molar-refractivity contribution in [1.82, 2.24) is 0 Å². The van der Waals surface area contributed by atoms with Crippen LogP contribution in [0, 0.1) is 10.1 Å². The molecule has 0 aliphatic heterocycles. The predicted octanol–water partition coefficient (Wildman–Crippen LogP) is 3.18. The summed E-state index contributed by atoms with van der Waals surface area (Å²) in [5, 5.41) is 10.6. The van der Waals surface area contributed by atoms with Gasteiger partial charge in [0.2, 0.25) is 0 Å². The van der Waals surface area contributed by atoms with Crippen molar-refractivity contribution in [3.05, 3.63) is 58.1 Å². The zero-order chi connectivity index (χ0) is 16.1. The third kappa shape index (κ3) is 3.32. The molecule has 0 aliphatic carbocycles. The summed E-state index contributed by atoms with van der Waals surface area (Å²) < 4.78 is 15.3. The minimum atomic E-state index is -0.550. The first-order chi connectivity index (χ1) is 10.5.